The van der Waals surface area contributed by atoms with Gasteiger partial charge < -0.3 is 30.3 Å². The Bertz CT molecular complexity index is 1480. The molecule has 0 saturated carbocycles. The molecule has 1 aliphatic rings. The van der Waals surface area contributed by atoms with Gasteiger partial charge in [-0.2, -0.15) is 4.98 Å². The molecule has 2 aromatic carbocycles. The summed E-state index contributed by atoms with van der Waals surface area (Å²) in [7, 11) is 3.20. The van der Waals surface area contributed by atoms with Crippen molar-refractivity contribution in [2.75, 3.05) is 51.0 Å². The highest BCUT2D eigenvalue weighted by Gasteiger charge is 2.23. The fraction of sp³-hybridized carbons (Fsp3) is 0.259. The van der Waals surface area contributed by atoms with Gasteiger partial charge >= 0.3 is 0 Å². The van der Waals surface area contributed by atoms with Crippen LogP contribution >= 0.6 is 12.2 Å². The number of fused-ring (bicyclic) bond motifs is 1. The van der Waals surface area contributed by atoms with Crippen molar-refractivity contribution in [3.8, 4) is 22.8 Å². The third-order valence-electron chi connectivity index (χ3n) is 6.47. The van der Waals surface area contributed by atoms with Crippen molar-refractivity contribution in [3.05, 3.63) is 66.0 Å². The predicted molar refractivity (Wildman–Crippen MR) is 150 cm³/mol. The van der Waals surface area contributed by atoms with E-state index in [9.17, 15) is 4.39 Å². The molecule has 11 heteroatoms. The number of nitrogens with one attached hydrogen (secondary N) is 1. The highest BCUT2D eigenvalue weighted by molar-refractivity contribution is 7.80. The third-order valence-corrected chi connectivity index (χ3v) is 6.88. The summed E-state index contributed by atoms with van der Waals surface area (Å²) in [5, 5.41) is 3.76. The number of aromatic nitrogens is 3. The maximum atomic E-state index is 13.9. The van der Waals surface area contributed by atoms with Gasteiger partial charge in [-0.15, -0.1) is 0 Å². The molecular weight excluding hydrogens is 505 g/mol. The van der Waals surface area contributed by atoms with Gasteiger partial charge in [-0.3, -0.25) is 0 Å². The summed E-state index contributed by atoms with van der Waals surface area (Å²) in [6.07, 6.45) is 0. The lowest BCUT2D eigenvalue weighted by molar-refractivity contribution is 0.355. The molecule has 9 nitrogen and oxygen atoms in total. The van der Waals surface area contributed by atoms with Crippen LogP contribution in [0.4, 0.5) is 16.2 Å². The van der Waals surface area contributed by atoms with Crippen molar-refractivity contribution >= 4 is 40.1 Å². The van der Waals surface area contributed by atoms with Crippen LogP contribution < -0.4 is 25.4 Å². The standard InChI is InChI=1S/C27H28FN7O2S/c1-36-22-10-7-17(15-23(22)37-2)20-8-9-21-24(31-20)25(33-26(29)32-21)34-11-13-35(14-12-34)27(38)30-16-18-5-3-4-6-19(18)28/h3-10,15H,11-14,16H2,1-2H3,(H,30,38)(H2,29,32,33). The van der Waals surface area contributed by atoms with Crippen LogP contribution in [0.15, 0.2) is 54.6 Å². The molecule has 0 unspecified atom stereocenters. The van der Waals surface area contributed by atoms with E-state index >= 15 is 0 Å². The Morgan fingerprint density at radius 3 is 2.47 bits per heavy atom. The molecule has 0 radical (unpaired) electrons. The number of piperazine rings is 1. The fourth-order valence-corrected chi connectivity index (χ4v) is 4.69. The van der Waals surface area contributed by atoms with Gasteiger partial charge in [0.05, 0.1) is 25.4 Å². The van der Waals surface area contributed by atoms with E-state index in [0.717, 1.165) is 11.3 Å². The molecule has 0 amide bonds. The third kappa shape index (κ3) is 5.23. The average molecular weight is 534 g/mol. The van der Waals surface area contributed by atoms with E-state index in [1.807, 2.05) is 36.4 Å². The minimum atomic E-state index is -0.249. The quantitative estimate of drug-likeness (QED) is 0.357. The average Bonchev–Trinajstić information content (AvgIpc) is 2.95. The van der Waals surface area contributed by atoms with Crippen LogP contribution in [-0.4, -0.2) is 65.4 Å². The number of methoxy groups -OCH3 is 2. The first-order valence-electron chi connectivity index (χ1n) is 12.1. The summed E-state index contributed by atoms with van der Waals surface area (Å²) in [6, 6.07) is 16.1. The first-order chi connectivity index (χ1) is 18.5. The van der Waals surface area contributed by atoms with Gasteiger partial charge in [0.2, 0.25) is 5.95 Å². The lowest BCUT2D eigenvalue weighted by Crippen LogP contribution is -2.52. The topological polar surface area (TPSA) is 102 Å². The van der Waals surface area contributed by atoms with Gasteiger partial charge in [0.25, 0.3) is 0 Å². The van der Waals surface area contributed by atoms with E-state index in [2.05, 4.69) is 25.1 Å². The Kier molecular flexibility index (Phi) is 7.36. The second kappa shape index (κ2) is 11.0. The Labute approximate surface area is 225 Å². The number of anilines is 2. The van der Waals surface area contributed by atoms with Crippen molar-refractivity contribution in [1.82, 2.24) is 25.2 Å². The molecule has 196 valence electrons. The van der Waals surface area contributed by atoms with Gasteiger partial charge in [0.1, 0.15) is 11.3 Å². The molecule has 0 aliphatic carbocycles. The Hall–Kier alpha value is -4.25. The van der Waals surface area contributed by atoms with Crippen LogP contribution in [0.3, 0.4) is 0 Å². The molecule has 4 aromatic rings. The van der Waals surface area contributed by atoms with Crippen LogP contribution in [-0.2, 0) is 6.54 Å². The van der Waals surface area contributed by atoms with Gasteiger partial charge in [-0.1, -0.05) is 18.2 Å². The number of nitrogen functional groups attached to an aromatic ring is 1. The number of nitrogens with two attached hydrogens (primary N) is 1. The Morgan fingerprint density at radius 1 is 0.974 bits per heavy atom. The first-order valence-corrected chi connectivity index (χ1v) is 12.6. The second-order valence-corrected chi connectivity index (χ2v) is 9.15. The van der Waals surface area contributed by atoms with Crippen LogP contribution in [0.2, 0.25) is 0 Å². The number of rotatable bonds is 6. The summed E-state index contributed by atoms with van der Waals surface area (Å²) in [6.45, 7) is 3.00. The minimum absolute atomic E-state index is 0.192. The molecular formula is C27H28FN7O2S. The predicted octanol–water partition coefficient (Wildman–Crippen LogP) is 3.63. The molecule has 1 aliphatic heterocycles. The summed E-state index contributed by atoms with van der Waals surface area (Å²) < 4.78 is 24.8. The lowest BCUT2D eigenvalue weighted by Gasteiger charge is -2.37. The number of benzene rings is 2. The smallest absolute Gasteiger partial charge is 0.222 e. The summed E-state index contributed by atoms with van der Waals surface area (Å²) in [5.74, 6) is 1.89. The lowest BCUT2D eigenvalue weighted by atomic mass is 10.1. The summed E-state index contributed by atoms with van der Waals surface area (Å²) >= 11 is 5.58. The second-order valence-electron chi connectivity index (χ2n) is 8.76. The molecule has 1 saturated heterocycles. The van der Waals surface area contributed by atoms with E-state index in [4.69, 9.17) is 32.4 Å². The zero-order chi connectivity index (χ0) is 26.6. The molecule has 5 rings (SSSR count). The monoisotopic (exact) mass is 533 g/mol. The number of hydrogen-bond acceptors (Lipinski definition) is 8. The molecule has 0 bridgehead atoms. The zero-order valence-corrected chi connectivity index (χ0v) is 22.0. The number of pyridine rings is 1. The van der Waals surface area contributed by atoms with Crippen molar-refractivity contribution in [2.45, 2.75) is 6.54 Å². The number of ether oxygens (including phenoxy) is 2. The van der Waals surface area contributed by atoms with Crippen molar-refractivity contribution in [3.63, 3.8) is 0 Å². The highest BCUT2D eigenvalue weighted by Crippen LogP contribution is 2.33. The number of thiocarbonyl (C=S) groups is 1. The van der Waals surface area contributed by atoms with E-state index in [1.165, 1.54) is 6.07 Å². The van der Waals surface area contributed by atoms with E-state index < -0.39 is 0 Å². The summed E-state index contributed by atoms with van der Waals surface area (Å²) in [5.41, 5.74) is 9.60. The van der Waals surface area contributed by atoms with E-state index in [0.29, 0.717) is 71.7 Å². The van der Waals surface area contributed by atoms with E-state index in [1.54, 1.807) is 26.4 Å². The largest absolute Gasteiger partial charge is 0.493 e. The molecule has 0 spiro atoms. The number of halogens is 1. The molecule has 0 atom stereocenters. The van der Waals surface area contributed by atoms with Gasteiger partial charge in [-0.05, 0) is 48.6 Å². The summed E-state index contributed by atoms with van der Waals surface area (Å²) in [4.78, 5) is 18.1. The first kappa shape index (κ1) is 25.4. The van der Waals surface area contributed by atoms with Crippen LogP contribution in [0, 0.1) is 5.82 Å². The van der Waals surface area contributed by atoms with Gasteiger partial charge in [0.15, 0.2) is 22.4 Å². The maximum absolute atomic E-state index is 13.9. The SMILES string of the molecule is COc1ccc(-c2ccc3nc(N)nc(N4CCN(C(=S)NCc5ccccc5F)CC4)c3n2)cc1OC. The molecule has 2 aromatic heterocycles. The van der Waals surface area contributed by atoms with Crippen LogP contribution in [0.1, 0.15) is 5.56 Å². The van der Waals surface area contributed by atoms with E-state index in [-0.39, 0.29) is 11.8 Å². The van der Waals surface area contributed by atoms with Crippen LogP contribution in [0.5, 0.6) is 11.5 Å². The normalized spacial score (nSPS) is 13.4. The van der Waals surface area contributed by atoms with Crippen molar-refractivity contribution in [2.24, 2.45) is 0 Å². The Morgan fingerprint density at radius 2 is 1.74 bits per heavy atom. The van der Waals surface area contributed by atoms with Gasteiger partial charge in [0, 0.05) is 43.9 Å². The molecule has 3 N–H and O–H groups in total. The molecule has 3 heterocycles. The molecule has 1 fully saturated rings. The highest BCUT2D eigenvalue weighted by atomic mass is 32.1. The number of hydrogen-bond donors (Lipinski definition) is 2. The van der Waals surface area contributed by atoms with Crippen molar-refractivity contribution in [1.29, 1.82) is 0 Å². The van der Waals surface area contributed by atoms with Gasteiger partial charge in [-0.25, -0.2) is 14.4 Å². The fourth-order valence-electron chi connectivity index (χ4n) is 4.44. The van der Waals surface area contributed by atoms with Crippen LogP contribution in [0.25, 0.3) is 22.3 Å². The maximum Gasteiger partial charge on any atom is 0.222 e. The molecule has 38 heavy (non-hydrogen) atoms. The number of nitrogens with zero attached hydrogens (tertiary/aromatic N) is 5. The van der Waals surface area contributed by atoms with Crippen molar-refractivity contribution < 1.29 is 13.9 Å². The zero-order valence-electron chi connectivity index (χ0n) is 21.1. The minimum Gasteiger partial charge on any atom is -0.493 e. The Balaban J connectivity index is 1.34.